The van der Waals surface area contributed by atoms with Crippen LogP contribution in [-0.2, 0) is 10.0 Å². The largest absolute Gasteiger partial charge is 0.363 e. The Hall–Kier alpha value is -3.00. The van der Waals surface area contributed by atoms with Gasteiger partial charge in [-0.05, 0) is 32.0 Å². The summed E-state index contributed by atoms with van der Waals surface area (Å²) in [5.41, 5.74) is 8.26. The molecule has 0 radical (unpaired) electrons. The van der Waals surface area contributed by atoms with E-state index in [1.807, 2.05) is 38.1 Å². The van der Waals surface area contributed by atoms with E-state index in [1.54, 1.807) is 12.1 Å². The zero-order chi connectivity index (χ0) is 18.0. The van der Waals surface area contributed by atoms with E-state index in [0.717, 1.165) is 22.2 Å². The molecule has 0 fully saturated rings. The number of anilines is 1. The highest BCUT2D eigenvalue weighted by atomic mass is 32.2. The molecule has 2 aromatic carbocycles. The number of guanidine groups is 1. The molecule has 0 saturated carbocycles. The van der Waals surface area contributed by atoms with Crippen LogP contribution in [0.25, 0.3) is 10.9 Å². The summed E-state index contributed by atoms with van der Waals surface area (Å²) < 4.78 is 26.9. The molecule has 0 bridgehead atoms. The molecule has 0 aliphatic heterocycles. The minimum Gasteiger partial charge on any atom is -0.290 e. The Kier molecular flexibility index (Phi) is 4.37. The van der Waals surface area contributed by atoms with Crippen LogP contribution < -0.4 is 15.4 Å². The van der Waals surface area contributed by atoms with Gasteiger partial charge in [-0.3, -0.25) is 5.73 Å². The van der Waals surface area contributed by atoms with Crippen LogP contribution in [-0.4, -0.2) is 24.3 Å². The molecule has 8 heteroatoms. The molecule has 0 saturated heterocycles. The molecule has 0 aliphatic rings. The standard InChI is InChI=1S/C17H17N5O2S/c1-11-7-9-13(10-8-11)25(23,24)22-16(18)21-17-19-12(2)14-5-3-4-6-15(14)20-17/h3-10H,1-2H3,(H3,18,19,20,21,22)/p+1. The fourth-order valence-corrected chi connectivity index (χ4v) is 3.31. The predicted octanol–water partition coefficient (Wildman–Crippen LogP) is 0.443. The van der Waals surface area contributed by atoms with Gasteiger partial charge >= 0.3 is 16.0 Å². The summed E-state index contributed by atoms with van der Waals surface area (Å²) in [7, 11) is -3.78. The van der Waals surface area contributed by atoms with E-state index in [-0.39, 0.29) is 16.8 Å². The van der Waals surface area contributed by atoms with Crippen molar-refractivity contribution in [1.82, 2.24) is 9.97 Å². The third kappa shape index (κ3) is 3.74. The second kappa shape index (κ2) is 6.48. The third-order valence-electron chi connectivity index (χ3n) is 3.62. The lowest BCUT2D eigenvalue weighted by Crippen LogP contribution is -2.80. The van der Waals surface area contributed by atoms with Crippen LogP contribution in [0.3, 0.4) is 0 Å². The van der Waals surface area contributed by atoms with Crippen LogP contribution in [0.1, 0.15) is 11.3 Å². The average Bonchev–Trinajstić information content (AvgIpc) is 2.54. The second-order valence-electron chi connectivity index (χ2n) is 5.61. The molecule has 3 aromatic rings. The summed E-state index contributed by atoms with van der Waals surface area (Å²) in [6.07, 6.45) is 0. The summed E-state index contributed by atoms with van der Waals surface area (Å²) >= 11 is 0. The van der Waals surface area contributed by atoms with Crippen LogP contribution >= 0.6 is 0 Å². The number of aromatic nitrogens is 2. The van der Waals surface area contributed by atoms with Crippen LogP contribution in [0.15, 0.2) is 53.4 Å². The number of benzene rings is 2. The summed E-state index contributed by atoms with van der Waals surface area (Å²) in [4.78, 5) is 8.75. The quantitative estimate of drug-likeness (QED) is 0.464. The van der Waals surface area contributed by atoms with E-state index in [9.17, 15) is 8.42 Å². The number of nitrogens with two attached hydrogens (primary N) is 1. The maximum absolute atomic E-state index is 12.3. The van der Waals surface area contributed by atoms with Gasteiger partial charge in [-0.1, -0.05) is 35.9 Å². The highest BCUT2D eigenvalue weighted by molar-refractivity contribution is 7.84. The van der Waals surface area contributed by atoms with Crippen molar-refractivity contribution in [3.63, 3.8) is 0 Å². The van der Waals surface area contributed by atoms with E-state index in [2.05, 4.69) is 19.7 Å². The van der Waals surface area contributed by atoms with E-state index < -0.39 is 10.0 Å². The topological polar surface area (TPSA) is 112 Å². The molecule has 0 aliphatic carbocycles. The highest BCUT2D eigenvalue weighted by Gasteiger charge is 2.17. The van der Waals surface area contributed by atoms with Gasteiger partial charge in [0.25, 0.3) is 5.95 Å². The lowest BCUT2D eigenvalue weighted by molar-refractivity contribution is -0.268. The highest BCUT2D eigenvalue weighted by Crippen LogP contribution is 2.16. The Morgan fingerprint density at radius 3 is 2.44 bits per heavy atom. The number of rotatable bonds is 3. The molecule has 25 heavy (non-hydrogen) atoms. The minimum absolute atomic E-state index is 0.124. The number of nitrogens with zero attached hydrogens (tertiary/aromatic N) is 2. The molecule has 0 amide bonds. The molecule has 1 aromatic heterocycles. The van der Waals surface area contributed by atoms with Gasteiger partial charge in [-0.2, -0.15) is 17.8 Å². The van der Waals surface area contributed by atoms with Gasteiger partial charge in [0.2, 0.25) is 0 Å². The third-order valence-corrected chi connectivity index (χ3v) is 5.00. The molecular formula is C17H18N5O2S+. The summed E-state index contributed by atoms with van der Waals surface area (Å²) in [5.74, 6) is 0.0514. The smallest absolute Gasteiger partial charge is 0.290 e. The number of hydrogen-bond donors (Lipinski definition) is 3. The van der Waals surface area contributed by atoms with Gasteiger partial charge in [0.15, 0.2) is 0 Å². The average molecular weight is 356 g/mol. The van der Waals surface area contributed by atoms with Crippen molar-refractivity contribution in [2.45, 2.75) is 18.7 Å². The number of aryl methyl sites for hydroxylation is 2. The van der Waals surface area contributed by atoms with Crippen LogP contribution in [0.5, 0.6) is 0 Å². The van der Waals surface area contributed by atoms with Gasteiger partial charge < -0.3 is 0 Å². The molecular weight excluding hydrogens is 338 g/mol. The van der Waals surface area contributed by atoms with Gasteiger partial charge in [-0.15, -0.1) is 0 Å². The van der Waals surface area contributed by atoms with Crippen molar-refractivity contribution in [2.75, 3.05) is 5.32 Å². The fraction of sp³-hybridized carbons (Fsp3) is 0.118. The first-order chi connectivity index (χ1) is 11.8. The summed E-state index contributed by atoms with van der Waals surface area (Å²) in [5, 5.41) is 3.62. The molecule has 0 unspecified atom stereocenters. The van der Waals surface area contributed by atoms with Crippen LogP contribution in [0.4, 0.5) is 5.95 Å². The van der Waals surface area contributed by atoms with E-state index in [0.29, 0.717) is 0 Å². The predicted molar refractivity (Wildman–Crippen MR) is 96.4 cm³/mol. The Morgan fingerprint density at radius 1 is 1.04 bits per heavy atom. The molecule has 7 nitrogen and oxygen atoms in total. The molecule has 3 rings (SSSR count). The zero-order valence-electron chi connectivity index (χ0n) is 13.8. The summed E-state index contributed by atoms with van der Waals surface area (Å²) in [6.45, 7) is 3.73. The Morgan fingerprint density at radius 2 is 1.72 bits per heavy atom. The molecule has 0 atom stereocenters. The maximum atomic E-state index is 12.3. The van der Waals surface area contributed by atoms with Crippen molar-refractivity contribution in [3.8, 4) is 0 Å². The van der Waals surface area contributed by atoms with Crippen molar-refractivity contribution in [2.24, 2.45) is 5.73 Å². The Balaban J connectivity index is 1.90. The van der Waals surface area contributed by atoms with E-state index in [1.165, 1.54) is 12.1 Å². The molecule has 1 heterocycles. The molecule has 128 valence electrons. The maximum Gasteiger partial charge on any atom is 0.363 e. The van der Waals surface area contributed by atoms with E-state index >= 15 is 0 Å². The van der Waals surface area contributed by atoms with Crippen molar-refractivity contribution in [1.29, 1.82) is 0 Å². The molecule has 0 spiro atoms. The zero-order valence-corrected chi connectivity index (χ0v) is 14.6. The van der Waals surface area contributed by atoms with Crippen molar-refractivity contribution in [3.05, 3.63) is 59.8 Å². The molecule has 4 N–H and O–H groups in total. The lowest BCUT2D eigenvalue weighted by Gasteiger charge is -2.04. The SMILES string of the molecule is Cc1ccc(S(=O)(=O)[NH+]=C(N)Nc2nc(C)c3ccccc3n2)cc1. The second-order valence-corrected chi connectivity index (χ2v) is 7.29. The first-order valence-corrected chi connectivity index (χ1v) is 9.06. The Bertz CT molecular complexity index is 1060. The number of hydrogen-bond acceptors (Lipinski definition) is 4. The van der Waals surface area contributed by atoms with Gasteiger partial charge in [0, 0.05) is 5.39 Å². The van der Waals surface area contributed by atoms with Crippen molar-refractivity contribution < 1.29 is 12.8 Å². The van der Waals surface area contributed by atoms with Gasteiger partial charge in [0.05, 0.1) is 11.2 Å². The number of nitrogens with one attached hydrogen (secondary N) is 2. The number of sulfonamides is 1. The van der Waals surface area contributed by atoms with E-state index in [4.69, 9.17) is 5.73 Å². The minimum atomic E-state index is -3.78. The van der Waals surface area contributed by atoms with Crippen LogP contribution in [0.2, 0.25) is 0 Å². The first-order valence-electron chi connectivity index (χ1n) is 7.57. The normalized spacial score (nSPS) is 12.3. The number of fused-ring (bicyclic) bond motifs is 1. The fourth-order valence-electron chi connectivity index (χ4n) is 2.36. The van der Waals surface area contributed by atoms with Crippen LogP contribution in [0, 0.1) is 13.8 Å². The monoisotopic (exact) mass is 356 g/mol. The number of para-hydroxylation sites is 1. The lowest BCUT2D eigenvalue weighted by atomic mass is 10.2. The van der Waals surface area contributed by atoms with Gasteiger partial charge in [-0.25, -0.2) is 10.3 Å². The summed E-state index contributed by atoms with van der Waals surface area (Å²) in [6, 6.07) is 14.0. The van der Waals surface area contributed by atoms with Gasteiger partial charge in [0.1, 0.15) is 4.90 Å². The Labute approximate surface area is 145 Å². The first kappa shape index (κ1) is 16.8. The van der Waals surface area contributed by atoms with Crippen molar-refractivity contribution >= 4 is 32.8 Å².